The Bertz CT molecular complexity index is 241. The third kappa shape index (κ3) is 11.0. The van der Waals surface area contributed by atoms with Crippen LogP contribution in [0.5, 0.6) is 0 Å². The van der Waals surface area contributed by atoms with Crippen molar-refractivity contribution < 1.29 is 36.9 Å². The summed E-state index contributed by atoms with van der Waals surface area (Å²) in [5.41, 5.74) is 0. The molecule has 0 atom stereocenters. The Morgan fingerprint density at radius 3 is 1.33 bits per heavy atom. The Morgan fingerprint density at radius 1 is 0.778 bits per heavy atom. The van der Waals surface area contributed by atoms with Gasteiger partial charge >= 0.3 is 0 Å². The summed E-state index contributed by atoms with van der Waals surface area (Å²) in [6.07, 6.45) is 7.99. The summed E-state index contributed by atoms with van der Waals surface area (Å²) < 4.78 is 0. The molecule has 0 heterocycles. The van der Waals surface area contributed by atoms with Crippen molar-refractivity contribution in [1.82, 2.24) is 0 Å². The van der Waals surface area contributed by atoms with Gasteiger partial charge in [0.25, 0.3) is 0 Å². The minimum Gasteiger partial charge on any atom is -0.328 e. The van der Waals surface area contributed by atoms with Crippen LogP contribution < -0.4 is 0 Å². The van der Waals surface area contributed by atoms with E-state index in [1.807, 2.05) is 60.7 Å². The minimum atomic E-state index is 0. The number of hydrogen-bond acceptors (Lipinski definition) is 0. The quantitative estimate of drug-likeness (QED) is 0.531. The van der Waals surface area contributed by atoms with Gasteiger partial charge in [0.2, 0.25) is 0 Å². The van der Waals surface area contributed by atoms with Crippen molar-refractivity contribution in [3.8, 4) is 0 Å². The van der Waals surface area contributed by atoms with E-state index in [4.69, 9.17) is 0 Å². The van der Waals surface area contributed by atoms with Crippen LogP contribution in [-0.4, -0.2) is 0 Å². The molecule has 0 unspecified atom stereocenters. The summed E-state index contributed by atoms with van der Waals surface area (Å²) in [5, 5.41) is 0. The zero-order chi connectivity index (χ0) is 12.2. The molecule has 0 aliphatic heterocycles. The van der Waals surface area contributed by atoms with Crippen molar-refractivity contribution in [2.75, 3.05) is 0 Å². The Labute approximate surface area is 141 Å². The summed E-state index contributed by atoms with van der Waals surface area (Å²) in [4.78, 5) is 0. The van der Waals surface area contributed by atoms with Crippen molar-refractivity contribution >= 4 is 0 Å². The molecular formula is C17H23Lu-3. The summed E-state index contributed by atoms with van der Waals surface area (Å²) in [6, 6.07) is 20.0. The van der Waals surface area contributed by atoms with E-state index in [1.54, 1.807) is 0 Å². The topological polar surface area (TPSA) is 0 Å². The van der Waals surface area contributed by atoms with E-state index in [1.165, 1.54) is 25.7 Å². The van der Waals surface area contributed by atoms with E-state index in [0.29, 0.717) is 0 Å². The molecule has 0 nitrogen and oxygen atoms in total. The molecule has 1 aliphatic rings. The van der Waals surface area contributed by atoms with Gasteiger partial charge in [-0.05, 0) is 5.92 Å². The first kappa shape index (κ1) is 17.9. The van der Waals surface area contributed by atoms with Crippen molar-refractivity contribution in [1.29, 1.82) is 0 Å². The molecule has 1 aliphatic carbocycles. The fourth-order valence-electron chi connectivity index (χ4n) is 1.73. The Kier molecular flexibility index (Phi) is 13.3. The van der Waals surface area contributed by atoms with Crippen molar-refractivity contribution in [2.45, 2.75) is 32.6 Å². The Balaban J connectivity index is 0.000000239. The smallest absolute Gasteiger partial charge is 0 e. The molecule has 1 saturated carbocycles. The van der Waals surface area contributed by atoms with Crippen LogP contribution in [0.3, 0.4) is 0 Å². The largest absolute Gasteiger partial charge is 0.328 e. The molecule has 109 valence electrons. The van der Waals surface area contributed by atoms with Gasteiger partial charge in [0, 0.05) is 36.9 Å². The summed E-state index contributed by atoms with van der Waals surface area (Å²) in [7, 11) is 0. The van der Waals surface area contributed by atoms with Gasteiger partial charge in [-0.1, -0.05) is 19.8 Å². The first-order chi connectivity index (χ1) is 8.39. The van der Waals surface area contributed by atoms with Gasteiger partial charge in [-0.25, -0.2) is 24.3 Å². The SMILES string of the molecule is CC1CC[CH-]CC1.[Lu].c1cc[cH-]c1.c1cc[cH-]c1. The predicted octanol–water partition coefficient (Wildman–Crippen LogP) is 5.21. The Hall–Kier alpha value is -0.0662. The molecular weight excluding hydrogens is 379 g/mol. The average molecular weight is 402 g/mol. The van der Waals surface area contributed by atoms with Crippen LogP contribution >= 0.6 is 0 Å². The van der Waals surface area contributed by atoms with E-state index in [9.17, 15) is 0 Å². The third-order valence-electron chi connectivity index (χ3n) is 2.84. The molecule has 0 bridgehead atoms. The second kappa shape index (κ2) is 13.4. The molecule has 0 N–H and O–H groups in total. The number of rotatable bonds is 0. The summed E-state index contributed by atoms with van der Waals surface area (Å²) in [6.45, 7) is 2.34. The first-order valence-corrected chi connectivity index (χ1v) is 6.54. The normalized spacial score (nSPS) is 14.3. The first-order valence-electron chi connectivity index (χ1n) is 6.54. The summed E-state index contributed by atoms with van der Waals surface area (Å²) in [5.74, 6) is 1.00. The van der Waals surface area contributed by atoms with Crippen LogP contribution in [0.1, 0.15) is 32.6 Å². The molecule has 1 radical (unpaired) electrons. The maximum absolute atomic E-state index is 2.40. The molecule has 0 spiro atoms. The van der Waals surface area contributed by atoms with Crippen LogP contribution in [0.25, 0.3) is 0 Å². The number of hydrogen-bond donors (Lipinski definition) is 0. The monoisotopic (exact) mass is 402 g/mol. The van der Waals surface area contributed by atoms with Gasteiger partial charge in [-0.2, -0.15) is 49.2 Å². The molecule has 2 aromatic rings. The molecule has 18 heavy (non-hydrogen) atoms. The van der Waals surface area contributed by atoms with Gasteiger partial charge in [0.15, 0.2) is 0 Å². The van der Waals surface area contributed by atoms with E-state index in [-0.39, 0.29) is 36.9 Å². The van der Waals surface area contributed by atoms with Crippen molar-refractivity contribution in [3.05, 3.63) is 67.1 Å². The fraction of sp³-hybridized carbons (Fsp3) is 0.353. The van der Waals surface area contributed by atoms with Gasteiger partial charge in [-0.15, -0.1) is 0 Å². The van der Waals surface area contributed by atoms with Crippen molar-refractivity contribution in [2.24, 2.45) is 5.92 Å². The third-order valence-corrected chi connectivity index (χ3v) is 2.84. The molecule has 3 rings (SSSR count). The van der Waals surface area contributed by atoms with Gasteiger partial charge in [-0.3, -0.25) is 0 Å². The van der Waals surface area contributed by atoms with Crippen LogP contribution in [0, 0.1) is 49.2 Å². The average Bonchev–Trinajstić information content (AvgIpc) is 3.09. The van der Waals surface area contributed by atoms with E-state index in [2.05, 4.69) is 13.3 Å². The second-order valence-electron chi connectivity index (χ2n) is 4.47. The molecule has 2 aromatic carbocycles. The Morgan fingerprint density at radius 2 is 1.17 bits per heavy atom. The van der Waals surface area contributed by atoms with Gasteiger partial charge in [0.1, 0.15) is 0 Å². The predicted molar refractivity (Wildman–Crippen MR) is 76.0 cm³/mol. The molecule has 1 fully saturated rings. The maximum Gasteiger partial charge on any atom is 0 e. The standard InChI is InChI=1S/C7H13.2C5H5.Lu/c1-7-5-3-2-4-6-7;2*1-2-4-5-3-1;/h2,7H,3-6H2,1H3;2*1-5H;/q3*-1;. The van der Waals surface area contributed by atoms with Crippen molar-refractivity contribution in [3.63, 3.8) is 0 Å². The van der Waals surface area contributed by atoms with Crippen LogP contribution in [0.15, 0.2) is 60.7 Å². The van der Waals surface area contributed by atoms with E-state index >= 15 is 0 Å². The maximum atomic E-state index is 2.40. The second-order valence-corrected chi connectivity index (χ2v) is 4.47. The summed E-state index contributed by atoms with van der Waals surface area (Å²) >= 11 is 0. The fourth-order valence-corrected chi connectivity index (χ4v) is 1.73. The van der Waals surface area contributed by atoms with E-state index < -0.39 is 0 Å². The van der Waals surface area contributed by atoms with Gasteiger partial charge in [0.05, 0.1) is 0 Å². The molecule has 0 aromatic heterocycles. The molecule has 1 heteroatoms. The minimum absolute atomic E-state index is 0. The zero-order valence-corrected chi connectivity index (χ0v) is 12.7. The van der Waals surface area contributed by atoms with E-state index in [0.717, 1.165) is 5.92 Å². The van der Waals surface area contributed by atoms with Gasteiger partial charge < -0.3 is 6.42 Å². The van der Waals surface area contributed by atoms with Crippen LogP contribution in [0.4, 0.5) is 0 Å². The zero-order valence-electron chi connectivity index (χ0n) is 11.0. The van der Waals surface area contributed by atoms with Crippen LogP contribution in [-0.2, 0) is 0 Å². The van der Waals surface area contributed by atoms with Crippen LogP contribution in [0.2, 0.25) is 0 Å². The molecule has 0 amide bonds. The molecule has 0 saturated heterocycles.